The number of amides is 1. The molecule has 7 heteroatoms. The van der Waals surface area contributed by atoms with Crippen LogP contribution in [0.2, 0.25) is 0 Å². The Morgan fingerprint density at radius 3 is 2.55 bits per heavy atom. The number of likely N-dealkylation sites (tertiary alicyclic amines) is 1. The Morgan fingerprint density at radius 2 is 1.88 bits per heavy atom. The van der Waals surface area contributed by atoms with E-state index in [1.807, 2.05) is 63.2 Å². The monoisotopic (exact) mass is 448 g/mol. The van der Waals surface area contributed by atoms with Crippen molar-refractivity contribution >= 4 is 17.4 Å². The molecule has 1 N–H and O–H groups in total. The number of pyridine rings is 1. The van der Waals surface area contributed by atoms with E-state index >= 15 is 0 Å². The Hall–Kier alpha value is -3.35. The summed E-state index contributed by atoms with van der Waals surface area (Å²) in [7, 11) is 0. The summed E-state index contributed by atoms with van der Waals surface area (Å²) < 4.78 is 7.07. The first-order valence-electron chi connectivity index (χ1n) is 11.5. The van der Waals surface area contributed by atoms with Crippen LogP contribution in [0.1, 0.15) is 52.7 Å². The first-order chi connectivity index (χ1) is 15.6. The smallest absolute Gasteiger partial charge is 0.410 e. The van der Waals surface area contributed by atoms with E-state index in [4.69, 9.17) is 9.72 Å². The average molecular weight is 449 g/mol. The van der Waals surface area contributed by atoms with Crippen LogP contribution in [0, 0.1) is 0 Å². The molecule has 0 unspecified atom stereocenters. The summed E-state index contributed by atoms with van der Waals surface area (Å²) in [5, 5.41) is 3.50. The van der Waals surface area contributed by atoms with Gasteiger partial charge in [0.05, 0.1) is 11.3 Å². The third kappa shape index (κ3) is 5.02. The summed E-state index contributed by atoms with van der Waals surface area (Å²) in [6.07, 6.45) is 2.34. The van der Waals surface area contributed by atoms with Crippen LogP contribution in [0.3, 0.4) is 0 Å². The molecule has 2 aromatic heterocycles. The third-order valence-electron chi connectivity index (χ3n) is 5.69. The lowest BCUT2D eigenvalue weighted by Crippen LogP contribution is -2.36. The van der Waals surface area contributed by atoms with Gasteiger partial charge in [0.15, 0.2) is 0 Å². The summed E-state index contributed by atoms with van der Waals surface area (Å²) in [6, 6.07) is 13.6. The standard InChI is InChI=1S/C26H32N4O3/c1-17(2)23-22(24(31)30-14-7-6-8-21(30)28-23)18-9-11-19(12-10-18)27-20-13-15-29(16-20)25(32)33-26(3,4)5/h6-12,14,17,20,27H,13,15-16H2,1-5H3/t20-/m1/s1. The highest BCUT2D eigenvalue weighted by Crippen LogP contribution is 2.27. The van der Waals surface area contributed by atoms with Gasteiger partial charge in [-0.1, -0.05) is 32.0 Å². The fourth-order valence-electron chi connectivity index (χ4n) is 4.13. The number of nitrogens with zero attached hydrogens (tertiary/aromatic N) is 3. The lowest BCUT2D eigenvalue weighted by molar-refractivity contribution is 0.0293. The molecule has 0 spiro atoms. The molecule has 3 aromatic rings. The molecule has 1 atom stereocenters. The van der Waals surface area contributed by atoms with E-state index in [9.17, 15) is 9.59 Å². The molecule has 33 heavy (non-hydrogen) atoms. The highest BCUT2D eigenvalue weighted by molar-refractivity contribution is 5.70. The van der Waals surface area contributed by atoms with Crippen molar-refractivity contribution in [3.8, 4) is 11.1 Å². The van der Waals surface area contributed by atoms with Crippen LogP contribution in [-0.2, 0) is 4.74 Å². The summed E-state index contributed by atoms with van der Waals surface area (Å²) in [6.45, 7) is 11.0. The molecule has 0 radical (unpaired) electrons. The number of anilines is 1. The zero-order chi connectivity index (χ0) is 23.8. The highest BCUT2D eigenvalue weighted by atomic mass is 16.6. The van der Waals surface area contributed by atoms with Crippen LogP contribution in [0.15, 0.2) is 53.5 Å². The lowest BCUT2D eigenvalue weighted by atomic mass is 9.98. The molecule has 1 aromatic carbocycles. The maximum Gasteiger partial charge on any atom is 0.410 e. The van der Waals surface area contributed by atoms with Crippen LogP contribution in [-0.4, -0.2) is 45.1 Å². The van der Waals surface area contributed by atoms with Crippen molar-refractivity contribution in [3.63, 3.8) is 0 Å². The van der Waals surface area contributed by atoms with E-state index in [2.05, 4.69) is 19.2 Å². The van der Waals surface area contributed by atoms with Crippen molar-refractivity contribution in [2.75, 3.05) is 18.4 Å². The zero-order valence-electron chi connectivity index (χ0n) is 20.0. The molecule has 0 aliphatic carbocycles. The molecule has 174 valence electrons. The van der Waals surface area contributed by atoms with Crippen molar-refractivity contribution in [2.45, 2.75) is 58.6 Å². The van der Waals surface area contributed by atoms with E-state index < -0.39 is 5.60 Å². The second-order valence-corrected chi connectivity index (χ2v) is 9.89. The molecule has 0 saturated carbocycles. The molecule has 1 aliphatic rings. The Balaban J connectivity index is 1.52. The topological polar surface area (TPSA) is 75.9 Å². The fourth-order valence-corrected chi connectivity index (χ4v) is 4.13. The number of benzene rings is 1. The lowest BCUT2D eigenvalue weighted by Gasteiger charge is -2.24. The van der Waals surface area contributed by atoms with Crippen molar-refractivity contribution in [1.29, 1.82) is 0 Å². The number of carbonyl (C=O) groups excluding carboxylic acids is 1. The molecular formula is C26H32N4O3. The minimum Gasteiger partial charge on any atom is -0.444 e. The second kappa shape index (κ2) is 8.89. The minimum absolute atomic E-state index is 0.0613. The van der Waals surface area contributed by atoms with Crippen LogP contribution in [0.25, 0.3) is 16.8 Å². The minimum atomic E-state index is -0.496. The Morgan fingerprint density at radius 1 is 1.15 bits per heavy atom. The number of hydrogen-bond acceptors (Lipinski definition) is 5. The fraction of sp³-hybridized carbons (Fsp3) is 0.423. The number of ether oxygens (including phenoxy) is 1. The number of fused-ring (bicyclic) bond motifs is 1. The van der Waals surface area contributed by atoms with Gasteiger partial charge in [-0.15, -0.1) is 0 Å². The highest BCUT2D eigenvalue weighted by Gasteiger charge is 2.29. The van der Waals surface area contributed by atoms with Gasteiger partial charge in [0.25, 0.3) is 5.56 Å². The molecule has 0 bridgehead atoms. The molecule has 4 rings (SSSR count). The molecule has 1 saturated heterocycles. The molecule has 3 heterocycles. The number of rotatable bonds is 4. The normalized spacial score (nSPS) is 16.4. The first-order valence-corrected chi connectivity index (χ1v) is 11.5. The number of hydrogen-bond donors (Lipinski definition) is 1. The van der Waals surface area contributed by atoms with Gasteiger partial charge in [-0.3, -0.25) is 9.20 Å². The van der Waals surface area contributed by atoms with Crippen molar-refractivity contribution in [3.05, 3.63) is 64.7 Å². The van der Waals surface area contributed by atoms with E-state index in [0.717, 1.165) is 23.4 Å². The first kappa shape index (κ1) is 22.8. The number of carbonyl (C=O) groups is 1. The quantitative estimate of drug-likeness (QED) is 0.614. The van der Waals surface area contributed by atoms with Gasteiger partial charge in [0, 0.05) is 31.0 Å². The Kier molecular flexibility index (Phi) is 6.15. The van der Waals surface area contributed by atoms with Crippen molar-refractivity contribution < 1.29 is 9.53 Å². The predicted molar refractivity (Wildman–Crippen MR) is 131 cm³/mol. The molecule has 7 nitrogen and oxygen atoms in total. The molecular weight excluding hydrogens is 416 g/mol. The van der Waals surface area contributed by atoms with Crippen LogP contribution >= 0.6 is 0 Å². The third-order valence-corrected chi connectivity index (χ3v) is 5.69. The van der Waals surface area contributed by atoms with Gasteiger partial charge in [-0.2, -0.15) is 0 Å². The summed E-state index contributed by atoms with van der Waals surface area (Å²) in [5.41, 5.74) is 3.34. The van der Waals surface area contributed by atoms with Crippen molar-refractivity contribution in [1.82, 2.24) is 14.3 Å². The maximum atomic E-state index is 13.3. The summed E-state index contributed by atoms with van der Waals surface area (Å²) in [5.74, 6) is 0.119. The van der Waals surface area contributed by atoms with E-state index in [0.29, 0.717) is 24.3 Å². The van der Waals surface area contributed by atoms with Gasteiger partial charge in [0.2, 0.25) is 0 Å². The summed E-state index contributed by atoms with van der Waals surface area (Å²) >= 11 is 0. The van der Waals surface area contributed by atoms with Gasteiger partial charge < -0.3 is 15.0 Å². The second-order valence-electron chi connectivity index (χ2n) is 9.89. The van der Waals surface area contributed by atoms with Crippen LogP contribution in [0.5, 0.6) is 0 Å². The Bertz CT molecular complexity index is 1210. The van der Waals surface area contributed by atoms with Gasteiger partial charge in [-0.05, 0) is 62.9 Å². The molecule has 1 amide bonds. The van der Waals surface area contributed by atoms with Crippen molar-refractivity contribution in [2.24, 2.45) is 0 Å². The number of aromatic nitrogens is 2. The maximum absolute atomic E-state index is 13.3. The van der Waals surface area contributed by atoms with Gasteiger partial charge >= 0.3 is 6.09 Å². The largest absolute Gasteiger partial charge is 0.444 e. The van der Waals surface area contributed by atoms with E-state index in [1.54, 1.807) is 15.5 Å². The van der Waals surface area contributed by atoms with E-state index in [-0.39, 0.29) is 23.6 Å². The van der Waals surface area contributed by atoms with Gasteiger partial charge in [0.1, 0.15) is 11.2 Å². The number of nitrogens with one attached hydrogen (secondary N) is 1. The summed E-state index contributed by atoms with van der Waals surface area (Å²) in [4.78, 5) is 32.1. The Labute approximate surface area is 194 Å². The SMILES string of the molecule is CC(C)c1nc2ccccn2c(=O)c1-c1ccc(N[C@@H]2CCN(C(=O)OC(C)(C)C)C2)cc1. The molecule has 1 aliphatic heterocycles. The van der Waals surface area contributed by atoms with Crippen LogP contribution in [0.4, 0.5) is 10.5 Å². The average Bonchev–Trinajstić information content (AvgIpc) is 3.22. The zero-order valence-corrected chi connectivity index (χ0v) is 20.0. The van der Waals surface area contributed by atoms with E-state index in [1.165, 1.54) is 0 Å². The molecule has 1 fully saturated rings. The van der Waals surface area contributed by atoms with Crippen LogP contribution < -0.4 is 10.9 Å². The predicted octanol–water partition coefficient (Wildman–Crippen LogP) is 4.91. The van der Waals surface area contributed by atoms with Gasteiger partial charge in [-0.25, -0.2) is 9.78 Å².